The highest BCUT2D eigenvalue weighted by Gasteiger charge is 2.14. The molecule has 0 aliphatic carbocycles. The number of hydrogen-bond acceptors (Lipinski definition) is 10. The van der Waals surface area contributed by atoms with Crippen molar-refractivity contribution in [3.05, 3.63) is 98.2 Å². The average molecular weight is 518 g/mol. The lowest BCUT2D eigenvalue weighted by Crippen LogP contribution is -2.11. The highest BCUT2D eigenvalue weighted by molar-refractivity contribution is 5.95. The molecule has 0 aliphatic rings. The van der Waals surface area contributed by atoms with Crippen LogP contribution in [0.3, 0.4) is 0 Å². The van der Waals surface area contributed by atoms with E-state index in [9.17, 15) is 24.0 Å². The molecular formula is C28H22O10. The van der Waals surface area contributed by atoms with E-state index in [0.29, 0.717) is 5.56 Å². The molecule has 0 bridgehead atoms. The zero-order valence-electron chi connectivity index (χ0n) is 20.3. The van der Waals surface area contributed by atoms with Crippen LogP contribution in [-0.4, -0.2) is 29.8 Å². The zero-order valence-corrected chi connectivity index (χ0v) is 20.3. The molecule has 0 fully saturated rings. The minimum Gasteiger partial charge on any atom is -0.423 e. The van der Waals surface area contributed by atoms with Crippen LogP contribution in [0.15, 0.2) is 92.6 Å². The maximum Gasteiger partial charge on any atom is 0.339 e. The Kier molecular flexibility index (Phi) is 10.2. The van der Waals surface area contributed by atoms with Crippen molar-refractivity contribution in [3.63, 3.8) is 0 Å². The molecule has 0 aliphatic heterocycles. The van der Waals surface area contributed by atoms with Crippen molar-refractivity contribution in [3.8, 4) is 28.7 Å². The van der Waals surface area contributed by atoms with E-state index in [0.717, 1.165) is 24.3 Å². The predicted molar refractivity (Wildman–Crippen MR) is 135 cm³/mol. The van der Waals surface area contributed by atoms with E-state index in [4.69, 9.17) is 23.7 Å². The Hall–Kier alpha value is -5.51. The minimum absolute atomic E-state index is 0.0158. The topological polar surface area (TPSA) is 132 Å². The summed E-state index contributed by atoms with van der Waals surface area (Å²) < 4.78 is 25.6. The van der Waals surface area contributed by atoms with Crippen LogP contribution in [-0.2, 0) is 24.0 Å². The summed E-state index contributed by atoms with van der Waals surface area (Å²) in [5.41, 5.74) is 0.381. The maximum absolute atomic E-state index is 12.8. The van der Waals surface area contributed by atoms with Crippen LogP contribution >= 0.6 is 0 Å². The van der Waals surface area contributed by atoms with Crippen LogP contribution in [0, 0.1) is 0 Å². The SMILES string of the molecule is C=CC(=O)Oc1cc(/C=C(\C)C(=O)Oc2cc(OC(=O)C=C)cc(OC(=O)C=C)c2)cc(OC(=O)C=C)c1. The van der Waals surface area contributed by atoms with Gasteiger partial charge in [-0.1, -0.05) is 26.3 Å². The molecule has 38 heavy (non-hydrogen) atoms. The Balaban J connectivity index is 2.38. The lowest BCUT2D eigenvalue weighted by Gasteiger charge is -2.11. The van der Waals surface area contributed by atoms with Crippen molar-refractivity contribution < 1.29 is 47.7 Å². The third-order valence-corrected chi connectivity index (χ3v) is 4.21. The first-order valence-corrected chi connectivity index (χ1v) is 10.6. The molecule has 0 aromatic heterocycles. The van der Waals surface area contributed by atoms with E-state index < -0.39 is 29.8 Å². The van der Waals surface area contributed by atoms with Crippen molar-refractivity contribution in [2.45, 2.75) is 6.92 Å². The molecule has 2 aromatic rings. The highest BCUT2D eigenvalue weighted by Crippen LogP contribution is 2.30. The van der Waals surface area contributed by atoms with Crippen LogP contribution in [0.5, 0.6) is 28.7 Å². The summed E-state index contributed by atoms with van der Waals surface area (Å²) in [4.78, 5) is 59.2. The number of ether oxygens (including phenoxy) is 5. The second-order valence-electron chi connectivity index (χ2n) is 7.10. The second kappa shape index (κ2) is 13.5. The predicted octanol–water partition coefficient (Wildman–Crippen LogP) is 4.06. The molecule has 0 atom stereocenters. The van der Waals surface area contributed by atoms with Gasteiger partial charge < -0.3 is 23.7 Å². The zero-order chi connectivity index (χ0) is 28.2. The van der Waals surface area contributed by atoms with Crippen LogP contribution in [0.1, 0.15) is 12.5 Å². The van der Waals surface area contributed by atoms with Gasteiger partial charge in [-0.2, -0.15) is 0 Å². The molecule has 0 unspecified atom stereocenters. The monoisotopic (exact) mass is 518 g/mol. The summed E-state index contributed by atoms with van der Waals surface area (Å²) in [5, 5.41) is 0. The molecule has 0 saturated carbocycles. The standard InChI is InChI=1S/C28H22O10/c1-6-24(29)34-19-11-18(12-20(13-19)35-25(30)7-2)10-17(5)28(33)38-23-15-21(36-26(31)8-3)14-22(16-23)37-27(32)9-4/h6-16H,1-4H2,5H3/b17-10+. The Morgan fingerprint density at radius 1 is 0.526 bits per heavy atom. The molecule has 194 valence electrons. The second-order valence-corrected chi connectivity index (χ2v) is 7.10. The van der Waals surface area contributed by atoms with Gasteiger partial charge in [0.2, 0.25) is 0 Å². The van der Waals surface area contributed by atoms with E-state index in [-0.39, 0.29) is 34.3 Å². The van der Waals surface area contributed by atoms with E-state index in [1.807, 2.05) is 0 Å². The largest absolute Gasteiger partial charge is 0.423 e. The summed E-state index contributed by atoms with van der Waals surface area (Å²) in [5.74, 6) is -4.19. The fourth-order valence-electron chi connectivity index (χ4n) is 2.65. The van der Waals surface area contributed by atoms with E-state index >= 15 is 0 Å². The van der Waals surface area contributed by atoms with Gasteiger partial charge in [0.1, 0.15) is 28.7 Å². The molecule has 0 heterocycles. The summed E-state index contributed by atoms with van der Waals surface area (Å²) in [6.45, 7) is 14.7. The van der Waals surface area contributed by atoms with E-state index in [1.165, 1.54) is 49.4 Å². The summed E-state index contributed by atoms with van der Waals surface area (Å²) >= 11 is 0. The Labute approximate surface area is 217 Å². The molecule has 10 heteroatoms. The van der Waals surface area contributed by atoms with Gasteiger partial charge in [0.25, 0.3) is 0 Å². The van der Waals surface area contributed by atoms with Crippen LogP contribution in [0.25, 0.3) is 6.08 Å². The van der Waals surface area contributed by atoms with Gasteiger partial charge in [-0.25, -0.2) is 24.0 Å². The fourth-order valence-corrected chi connectivity index (χ4v) is 2.65. The van der Waals surface area contributed by atoms with E-state index in [1.54, 1.807) is 0 Å². The van der Waals surface area contributed by atoms with Crippen LogP contribution < -0.4 is 23.7 Å². The van der Waals surface area contributed by atoms with Gasteiger partial charge in [-0.15, -0.1) is 0 Å². The highest BCUT2D eigenvalue weighted by atomic mass is 16.6. The molecular weight excluding hydrogens is 496 g/mol. The molecule has 0 radical (unpaired) electrons. The first kappa shape index (κ1) is 28.7. The molecule has 2 aromatic carbocycles. The average Bonchev–Trinajstić information content (AvgIpc) is 2.87. The lowest BCUT2D eigenvalue weighted by atomic mass is 10.1. The third-order valence-electron chi connectivity index (χ3n) is 4.21. The van der Waals surface area contributed by atoms with Crippen molar-refractivity contribution in [1.82, 2.24) is 0 Å². The van der Waals surface area contributed by atoms with Gasteiger partial charge in [0.05, 0.1) is 0 Å². The van der Waals surface area contributed by atoms with Gasteiger partial charge >= 0.3 is 29.8 Å². The Morgan fingerprint density at radius 3 is 1.13 bits per heavy atom. The number of esters is 5. The number of carbonyl (C=O) groups is 5. The first-order chi connectivity index (χ1) is 18.1. The maximum atomic E-state index is 12.8. The summed E-state index contributed by atoms with van der Waals surface area (Å²) in [7, 11) is 0. The molecule has 2 rings (SSSR count). The molecule has 10 nitrogen and oxygen atoms in total. The van der Waals surface area contributed by atoms with Gasteiger partial charge in [-0.3, -0.25) is 0 Å². The van der Waals surface area contributed by atoms with Crippen molar-refractivity contribution in [1.29, 1.82) is 0 Å². The summed E-state index contributed by atoms with van der Waals surface area (Å²) in [6, 6.07) is 7.78. The quantitative estimate of drug-likeness (QED) is 0.244. The third kappa shape index (κ3) is 8.93. The van der Waals surface area contributed by atoms with Gasteiger partial charge in [0, 0.05) is 54.1 Å². The fraction of sp³-hybridized carbons (Fsp3) is 0.0357. The molecule has 0 spiro atoms. The van der Waals surface area contributed by atoms with Crippen molar-refractivity contribution >= 4 is 35.9 Å². The number of rotatable bonds is 11. The van der Waals surface area contributed by atoms with Crippen LogP contribution in [0.2, 0.25) is 0 Å². The van der Waals surface area contributed by atoms with Gasteiger partial charge in [0.15, 0.2) is 0 Å². The minimum atomic E-state index is -0.837. The molecule has 0 N–H and O–H groups in total. The van der Waals surface area contributed by atoms with Crippen molar-refractivity contribution in [2.24, 2.45) is 0 Å². The first-order valence-electron chi connectivity index (χ1n) is 10.6. The van der Waals surface area contributed by atoms with Crippen molar-refractivity contribution in [2.75, 3.05) is 0 Å². The normalized spacial score (nSPS) is 10.3. The lowest BCUT2D eigenvalue weighted by molar-refractivity contribution is -0.130. The number of benzene rings is 2. The Morgan fingerprint density at radius 2 is 0.816 bits per heavy atom. The smallest absolute Gasteiger partial charge is 0.339 e. The number of carbonyl (C=O) groups excluding carboxylic acids is 5. The number of hydrogen-bond donors (Lipinski definition) is 0. The summed E-state index contributed by atoms with van der Waals surface area (Å²) in [6.07, 6.45) is 5.10. The molecule has 0 saturated heterocycles. The molecule has 0 amide bonds. The van der Waals surface area contributed by atoms with E-state index in [2.05, 4.69) is 26.3 Å². The Bertz CT molecular complexity index is 1280. The van der Waals surface area contributed by atoms with Crippen LogP contribution in [0.4, 0.5) is 0 Å². The van der Waals surface area contributed by atoms with Gasteiger partial charge in [-0.05, 0) is 30.7 Å².